The quantitative estimate of drug-likeness (QED) is 0.176. The Morgan fingerprint density at radius 2 is 0.548 bits per heavy atom. The van der Waals surface area contributed by atoms with Gasteiger partial charge < -0.3 is 10.6 Å². The molecule has 3 aromatic rings. The second-order valence-corrected chi connectivity index (χ2v) is 12.5. The maximum Gasteiger partial charge on any atom is 0.126 e. The Labute approximate surface area is 227 Å². The van der Waals surface area contributed by atoms with Crippen molar-refractivity contribution in [3.05, 3.63) is 106 Å². The third-order valence-corrected chi connectivity index (χ3v) is 4.39. The van der Waals surface area contributed by atoms with E-state index < -0.39 is 38.9 Å². The van der Waals surface area contributed by atoms with Crippen LogP contribution in [-0.4, -0.2) is 0 Å². The van der Waals surface area contributed by atoms with Crippen LogP contribution < -0.4 is 10.6 Å². The van der Waals surface area contributed by atoms with Crippen LogP contribution >= 0.6 is 15.6 Å². The summed E-state index contributed by atoms with van der Waals surface area (Å²) in [5, 5.41) is 3.96. The predicted molar refractivity (Wildman–Crippen MR) is 125 cm³/mol. The average molecular weight is 680 g/mol. The summed E-state index contributed by atoms with van der Waals surface area (Å²) in [6.07, 6.45) is 0. The second kappa shape index (κ2) is 11.8. The molecular formula is C22H22F16N2P2. The molecule has 0 unspecified atom stereocenters. The monoisotopic (exact) mass is 680 g/mol. The summed E-state index contributed by atoms with van der Waals surface area (Å²) in [4.78, 5) is 0. The summed E-state index contributed by atoms with van der Waals surface area (Å²) >= 11 is 0. The third kappa shape index (κ3) is 26.2. The van der Waals surface area contributed by atoms with Gasteiger partial charge in [-0.1, -0.05) is 24.3 Å². The maximum absolute atomic E-state index is 13.2. The first kappa shape index (κ1) is 37.3. The Balaban J connectivity index is 0.000000522. The van der Waals surface area contributed by atoms with Crippen molar-refractivity contribution in [2.24, 2.45) is 0 Å². The van der Waals surface area contributed by atoms with E-state index in [9.17, 15) is 67.9 Å². The second-order valence-electron chi connectivity index (χ2n) is 8.68. The van der Waals surface area contributed by atoms with Crippen molar-refractivity contribution < 1.29 is 78.6 Å². The molecule has 242 valence electrons. The van der Waals surface area contributed by atoms with Gasteiger partial charge in [-0.3, -0.25) is 0 Å². The normalized spacial score (nSPS) is 15.0. The minimum Gasteiger partial charge on any atom is -0.339 e. The molecule has 0 fully saturated rings. The summed E-state index contributed by atoms with van der Waals surface area (Å²) in [7, 11) is -21.3. The van der Waals surface area contributed by atoms with Gasteiger partial charge in [-0.25, -0.2) is 17.6 Å². The Bertz CT molecular complexity index is 1170. The van der Waals surface area contributed by atoms with Crippen LogP contribution in [0, 0.1) is 23.3 Å². The molecule has 0 aliphatic heterocycles. The largest absolute Gasteiger partial charge is 0.339 e. The van der Waals surface area contributed by atoms with Gasteiger partial charge in [0.2, 0.25) is 0 Å². The molecule has 3 aromatic carbocycles. The van der Waals surface area contributed by atoms with E-state index in [1.54, 1.807) is 0 Å². The molecule has 0 saturated carbocycles. The smallest absolute Gasteiger partial charge is 0.126 e. The topological polar surface area (TPSA) is 33.2 Å². The molecule has 0 spiro atoms. The number of nitrogens with two attached hydrogens (primary N) is 2. The van der Waals surface area contributed by atoms with Gasteiger partial charge in [-0.05, 0) is 24.3 Å². The van der Waals surface area contributed by atoms with Crippen molar-refractivity contribution in [1.82, 2.24) is 0 Å². The van der Waals surface area contributed by atoms with E-state index in [2.05, 4.69) is 0 Å². The molecule has 42 heavy (non-hydrogen) atoms. The van der Waals surface area contributed by atoms with E-state index in [1.165, 1.54) is 24.3 Å². The van der Waals surface area contributed by atoms with Gasteiger partial charge in [0.15, 0.2) is 0 Å². The fourth-order valence-electron chi connectivity index (χ4n) is 3.08. The SMILES string of the molecule is F[P-](F)(F)(F)(F)F.F[P-](F)(F)(F)(F)F.Fc1cc(F)cc(C[NH2+]Cc2ccc(C[NH2+]Cc3cc(F)cc(F)c3)cc2)c1. The number of hydrogen-bond acceptors (Lipinski definition) is 0. The molecule has 0 aromatic heterocycles. The number of benzene rings is 3. The third-order valence-electron chi connectivity index (χ3n) is 4.39. The first-order valence-electron chi connectivity index (χ1n) is 11.1. The average Bonchev–Trinajstić information content (AvgIpc) is 2.69. The van der Waals surface area contributed by atoms with Gasteiger partial charge in [-0.2, -0.15) is 0 Å². The van der Waals surface area contributed by atoms with Gasteiger partial charge in [-0.15, -0.1) is 0 Å². The molecule has 0 aliphatic rings. The zero-order valence-electron chi connectivity index (χ0n) is 20.7. The van der Waals surface area contributed by atoms with Gasteiger partial charge in [0, 0.05) is 34.4 Å². The summed E-state index contributed by atoms with van der Waals surface area (Å²) in [5.74, 6) is -2.26. The molecule has 0 bridgehead atoms. The van der Waals surface area contributed by atoms with Gasteiger partial charge >= 0.3 is 66.0 Å². The van der Waals surface area contributed by atoms with Gasteiger partial charge in [0.05, 0.1) is 0 Å². The summed E-state index contributed by atoms with van der Waals surface area (Å²) in [6.45, 7) is 2.39. The number of quaternary nitrogens is 2. The Hall–Kier alpha value is -2.68. The van der Waals surface area contributed by atoms with Gasteiger partial charge in [0.1, 0.15) is 49.4 Å². The van der Waals surface area contributed by atoms with E-state index in [-0.39, 0.29) is 0 Å². The summed E-state index contributed by atoms with van der Waals surface area (Å²) in [5.41, 5.74) is 3.43. The zero-order valence-corrected chi connectivity index (χ0v) is 22.5. The molecule has 20 heteroatoms. The summed E-state index contributed by atoms with van der Waals surface area (Å²) < 4.78 is 171. The van der Waals surface area contributed by atoms with Crippen LogP contribution in [0.2, 0.25) is 0 Å². The van der Waals surface area contributed by atoms with Crippen molar-refractivity contribution in [3.8, 4) is 0 Å². The van der Waals surface area contributed by atoms with Crippen molar-refractivity contribution >= 4 is 15.6 Å². The Morgan fingerprint density at radius 1 is 0.357 bits per heavy atom. The Morgan fingerprint density at radius 3 is 0.762 bits per heavy atom. The van der Waals surface area contributed by atoms with Crippen LogP contribution in [0.25, 0.3) is 0 Å². The number of rotatable bonds is 8. The molecule has 3 rings (SSSR count). The predicted octanol–water partition coefficient (Wildman–Crippen LogP) is 9.54. The Kier molecular flexibility index (Phi) is 10.5. The van der Waals surface area contributed by atoms with Gasteiger partial charge in [0.25, 0.3) is 0 Å². The van der Waals surface area contributed by atoms with E-state index in [4.69, 9.17) is 0 Å². The van der Waals surface area contributed by atoms with E-state index >= 15 is 0 Å². The molecular weight excluding hydrogens is 658 g/mol. The molecule has 4 N–H and O–H groups in total. The molecule has 0 aliphatic carbocycles. The molecule has 0 amide bonds. The van der Waals surface area contributed by atoms with Crippen molar-refractivity contribution in [2.45, 2.75) is 26.2 Å². The molecule has 0 radical (unpaired) electrons. The number of hydrogen-bond donors (Lipinski definition) is 2. The van der Waals surface area contributed by atoms with Crippen LogP contribution in [0.5, 0.6) is 0 Å². The van der Waals surface area contributed by atoms with E-state index in [0.717, 1.165) is 23.3 Å². The number of halogens is 16. The van der Waals surface area contributed by atoms with Crippen molar-refractivity contribution in [2.75, 3.05) is 0 Å². The van der Waals surface area contributed by atoms with E-state index in [1.807, 2.05) is 34.9 Å². The minimum absolute atomic E-state index is 0.494. The fourth-order valence-corrected chi connectivity index (χ4v) is 3.08. The fraction of sp³-hybridized carbons (Fsp3) is 0.182. The molecule has 2 nitrogen and oxygen atoms in total. The van der Waals surface area contributed by atoms with E-state index in [0.29, 0.717) is 37.3 Å². The molecule has 0 saturated heterocycles. The van der Waals surface area contributed by atoms with Crippen LogP contribution in [0.1, 0.15) is 22.3 Å². The van der Waals surface area contributed by atoms with Crippen LogP contribution in [0.3, 0.4) is 0 Å². The van der Waals surface area contributed by atoms with Crippen LogP contribution in [0.15, 0.2) is 60.7 Å². The zero-order chi connectivity index (χ0) is 32.7. The van der Waals surface area contributed by atoms with Crippen LogP contribution in [-0.2, 0) is 26.2 Å². The molecule has 0 heterocycles. The standard InChI is InChI=1S/C22H20F4N2.2F6P/c23-19-5-17(6-20(24)9-19)13-27-11-15-1-2-16(4-3-15)12-28-14-18-7-21(25)10-22(26)8-18;2*1-7(2,3,4,5)6/h1-10,27-28H,11-14H2;;/q;2*-1/p+2. The summed E-state index contributed by atoms with van der Waals surface area (Å²) in [6, 6.07) is 15.1. The first-order chi connectivity index (χ1) is 18.4. The minimum atomic E-state index is -10.7. The van der Waals surface area contributed by atoms with Crippen molar-refractivity contribution in [1.29, 1.82) is 0 Å². The maximum atomic E-state index is 13.2. The van der Waals surface area contributed by atoms with Crippen molar-refractivity contribution in [3.63, 3.8) is 0 Å². The first-order valence-corrected chi connectivity index (χ1v) is 15.2. The molecule has 0 atom stereocenters. The van der Waals surface area contributed by atoms with Crippen LogP contribution in [0.4, 0.5) is 67.9 Å².